The Morgan fingerprint density at radius 3 is 2.44 bits per heavy atom. The first kappa shape index (κ1) is 28.1. The number of hydrogen-bond donors (Lipinski definition) is 3. The van der Waals surface area contributed by atoms with Crippen molar-refractivity contribution in [2.24, 2.45) is 5.73 Å². The van der Waals surface area contributed by atoms with Crippen LogP contribution in [-0.2, 0) is 24.4 Å². The number of hydrogen-bond acceptors (Lipinski definition) is 4. The second-order valence-corrected chi connectivity index (χ2v) is 10.2. The number of aryl methyl sites for hydroxylation is 1. The van der Waals surface area contributed by atoms with Crippen molar-refractivity contribution in [1.82, 2.24) is 14.5 Å². The number of rotatable bonds is 12. The Hall–Kier alpha value is -4.40. The van der Waals surface area contributed by atoms with Crippen LogP contribution in [0.4, 0.5) is 4.39 Å². The molecular formula is C32H31ClFN5O2. The lowest BCUT2D eigenvalue weighted by molar-refractivity contribution is -0.117. The number of benzene rings is 4. The van der Waals surface area contributed by atoms with Gasteiger partial charge in [0, 0.05) is 18.1 Å². The molecule has 4 aromatic carbocycles. The Bertz CT molecular complexity index is 1730. The molecule has 0 bridgehead atoms. The minimum atomic E-state index is -0.408. The first-order chi connectivity index (χ1) is 19.9. The van der Waals surface area contributed by atoms with Gasteiger partial charge in [-0.05, 0) is 83.3 Å². The quantitative estimate of drug-likeness (QED) is 0.173. The third kappa shape index (κ3) is 6.85. The molecule has 0 unspecified atom stereocenters. The summed E-state index contributed by atoms with van der Waals surface area (Å²) in [5.41, 5.74) is 11.6. The minimum Gasteiger partial charge on any atom is -0.494 e. The predicted molar refractivity (Wildman–Crippen MR) is 159 cm³/mol. The summed E-state index contributed by atoms with van der Waals surface area (Å²) in [5, 5.41) is 12.8. The van der Waals surface area contributed by atoms with Gasteiger partial charge < -0.3 is 24.9 Å². The Balaban J connectivity index is 1.42. The highest BCUT2D eigenvalue weighted by molar-refractivity contribution is 6.30. The standard InChI is InChI=1S/C32H31ClFN5O2/c33-25-6-3-5-23(18-25)28-17-22(19-37-20-31(35)40)9-10-24(28)21-39-30-8-2-1-7-29(30)38(32(39)36)15-4-16-41-27-13-11-26(34)12-14-27/h1-3,5-14,17-18,36-37H,4,15-16,19-21H2,(H2,35,40). The average molecular weight is 572 g/mol. The van der Waals surface area contributed by atoms with Crippen molar-refractivity contribution in [3.63, 3.8) is 0 Å². The Labute approximate surface area is 242 Å². The smallest absolute Gasteiger partial charge is 0.231 e. The second kappa shape index (κ2) is 12.8. The van der Waals surface area contributed by atoms with Crippen molar-refractivity contribution in [3.8, 4) is 16.9 Å². The number of carbonyl (C=O) groups excluding carboxylic acids is 1. The topological polar surface area (TPSA) is 98.1 Å². The van der Waals surface area contributed by atoms with Crippen molar-refractivity contribution in [3.05, 3.63) is 119 Å². The Kier molecular flexibility index (Phi) is 8.82. The fraction of sp³-hybridized carbons (Fsp3) is 0.188. The first-order valence-electron chi connectivity index (χ1n) is 13.4. The number of amides is 1. The highest BCUT2D eigenvalue weighted by Crippen LogP contribution is 2.29. The zero-order valence-electron chi connectivity index (χ0n) is 22.4. The van der Waals surface area contributed by atoms with Crippen LogP contribution in [0.15, 0.2) is 91.0 Å². The lowest BCUT2D eigenvalue weighted by Crippen LogP contribution is -2.28. The number of ether oxygens (including phenoxy) is 1. The Morgan fingerprint density at radius 1 is 0.951 bits per heavy atom. The van der Waals surface area contributed by atoms with E-state index in [1.165, 1.54) is 12.1 Å². The van der Waals surface area contributed by atoms with E-state index in [0.717, 1.165) is 33.3 Å². The fourth-order valence-electron chi connectivity index (χ4n) is 4.92. The Morgan fingerprint density at radius 2 is 1.71 bits per heavy atom. The molecule has 4 N–H and O–H groups in total. The molecule has 0 saturated carbocycles. The van der Waals surface area contributed by atoms with E-state index in [4.69, 9.17) is 27.5 Å². The van der Waals surface area contributed by atoms with Gasteiger partial charge in [0.05, 0.1) is 30.7 Å². The summed E-state index contributed by atoms with van der Waals surface area (Å²) in [4.78, 5) is 11.2. The molecule has 7 nitrogen and oxygen atoms in total. The summed E-state index contributed by atoms with van der Waals surface area (Å²) >= 11 is 6.35. The average Bonchev–Trinajstić information content (AvgIpc) is 3.22. The number of nitrogens with one attached hydrogen (secondary N) is 2. The van der Waals surface area contributed by atoms with Crippen LogP contribution in [0.3, 0.4) is 0 Å². The molecule has 0 atom stereocenters. The fourth-order valence-corrected chi connectivity index (χ4v) is 5.11. The van der Waals surface area contributed by atoms with Crippen LogP contribution in [0.5, 0.6) is 5.75 Å². The molecule has 5 aromatic rings. The number of fused-ring (bicyclic) bond motifs is 1. The number of para-hydroxylation sites is 2. The molecule has 0 spiro atoms. The van der Waals surface area contributed by atoms with Gasteiger partial charge in [-0.25, -0.2) is 4.39 Å². The monoisotopic (exact) mass is 571 g/mol. The predicted octanol–water partition coefficient (Wildman–Crippen LogP) is 5.47. The first-order valence-corrected chi connectivity index (χ1v) is 13.7. The molecule has 0 aliphatic rings. The van der Waals surface area contributed by atoms with Crippen LogP contribution < -0.4 is 21.4 Å². The van der Waals surface area contributed by atoms with Gasteiger partial charge in [0.25, 0.3) is 0 Å². The molecule has 5 rings (SSSR count). The molecule has 0 radical (unpaired) electrons. The summed E-state index contributed by atoms with van der Waals surface area (Å²) in [6, 6.07) is 27.9. The van der Waals surface area contributed by atoms with Crippen molar-refractivity contribution in [1.29, 1.82) is 5.41 Å². The minimum absolute atomic E-state index is 0.0980. The van der Waals surface area contributed by atoms with Crippen LogP contribution in [0, 0.1) is 11.2 Å². The molecule has 41 heavy (non-hydrogen) atoms. The number of halogens is 2. The van der Waals surface area contributed by atoms with Crippen LogP contribution in [-0.4, -0.2) is 28.2 Å². The van der Waals surface area contributed by atoms with Gasteiger partial charge in [0.15, 0.2) is 0 Å². The van der Waals surface area contributed by atoms with E-state index < -0.39 is 5.91 Å². The van der Waals surface area contributed by atoms with E-state index in [2.05, 4.69) is 17.4 Å². The number of nitrogens with two attached hydrogens (primary N) is 1. The zero-order valence-corrected chi connectivity index (χ0v) is 23.2. The number of nitrogens with zero attached hydrogens (tertiary/aromatic N) is 2. The molecule has 0 aliphatic heterocycles. The maximum Gasteiger partial charge on any atom is 0.231 e. The highest BCUT2D eigenvalue weighted by atomic mass is 35.5. The molecule has 1 aromatic heterocycles. The van der Waals surface area contributed by atoms with Crippen molar-refractivity contribution in [2.45, 2.75) is 26.1 Å². The van der Waals surface area contributed by atoms with Crippen molar-refractivity contribution in [2.75, 3.05) is 13.2 Å². The maximum atomic E-state index is 13.2. The molecule has 0 aliphatic carbocycles. The van der Waals surface area contributed by atoms with Gasteiger partial charge in [-0.3, -0.25) is 10.2 Å². The van der Waals surface area contributed by atoms with Crippen LogP contribution >= 0.6 is 11.6 Å². The van der Waals surface area contributed by atoms with Crippen molar-refractivity contribution < 1.29 is 13.9 Å². The lowest BCUT2D eigenvalue weighted by Gasteiger charge is -2.14. The number of primary amides is 1. The normalized spacial score (nSPS) is 11.2. The van der Waals surface area contributed by atoms with Gasteiger partial charge in [0.2, 0.25) is 11.5 Å². The number of imidazole rings is 1. The molecule has 1 heterocycles. The highest BCUT2D eigenvalue weighted by Gasteiger charge is 2.14. The van der Waals surface area contributed by atoms with Gasteiger partial charge >= 0.3 is 0 Å². The molecular weight excluding hydrogens is 541 g/mol. The van der Waals surface area contributed by atoms with Gasteiger partial charge in [-0.1, -0.05) is 48.0 Å². The van der Waals surface area contributed by atoms with E-state index in [-0.39, 0.29) is 12.4 Å². The zero-order chi connectivity index (χ0) is 28.8. The van der Waals surface area contributed by atoms with Gasteiger partial charge in [-0.15, -0.1) is 0 Å². The summed E-state index contributed by atoms with van der Waals surface area (Å²) in [6.07, 6.45) is 0.683. The SMILES string of the molecule is N=c1n(CCCOc2ccc(F)cc2)c2ccccc2n1Cc1ccc(CNCC(N)=O)cc1-c1cccc(Cl)c1. The third-order valence-corrected chi connectivity index (χ3v) is 7.08. The summed E-state index contributed by atoms with van der Waals surface area (Å²) in [5.74, 6) is -0.0892. The number of carbonyl (C=O) groups is 1. The lowest BCUT2D eigenvalue weighted by atomic mass is 9.97. The molecule has 210 valence electrons. The molecule has 9 heteroatoms. The maximum absolute atomic E-state index is 13.2. The largest absolute Gasteiger partial charge is 0.494 e. The van der Waals surface area contributed by atoms with Crippen LogP contribution in [0.2, 0.25) is 5.02 Å². The summed E-state index contributed by atoms with van der Waals surface area (Å²) < 4.78 is 22.9. The van der Waals surface area contributed by atoms with Crippen LogP contribution in [0.25, 0.3) is 22.2 Å². The molecule has 1 amide bonds. The van der Waals surface area contributed by atoms with E-state index in [1.807, 2.05) is 63.7 Å². The van der Waals surface area contributed by atoms with E-state index in [9.17, 15) is 9.18 Å². The van der Waals surface area contributed by atoms with E-state index >= 15 is 0 Å². The molecule has 0 saturated heterocycles. The number of aromatic nitrogens is 2. The second-order valence-electron chi connectivity index (χ2n) is 9.78. The summed E-state index contributed by atoms with van der Waals surface area (Å²) in [6.45, 7) is 2.11. The third-order valence-electron chi connectivity index (χ3n) is 6.85. The molecule has 0 fully saturated rings. The van der Waals surface area contributed by atoms with E-state index in [1.54, 1.807) is 12.1 Å². The van der Waals surface area contributed by atoms with Gasteiger partial charge in [0.1, 0.15) is 11.6 Å². The van der Waals surface area contributed by atoms with Crippen LogP contribution in [0.1, 0.15) is 17.5 Å². The van der Waals surface area contributed by atoms with E-state index in [0.29, 0.717) is 49.1 Å². The van der Waals surface area contributed by atoms with Gasteiger partial charge in [-0.2, -0.15) is 0 Å². The van der Waals surface area contributed by atoms with Crippen molar-refractivity contribution >= 4 is 28.5 Å². The summed E-state index contributed by atoms with van der Waals surface area (Å²) in [7, 11) is 0.